The van der Waals surface area contributed by atoms with Crippen LogP contribution >= 0.6 is 15.9 Å². The molecule has 4 nitrogen and oxygen atoms in total. The highest BCUT2D eigenvalue weighted by Gasteiger charge is 2.20. The van der Waals surface area contributed by atoms with E-state index in [1.165, 1.54) is 0 Å². The van der Waals surface area contributed by atoms with Crippen LogP contribution in [0.25, 0.3) is 22.5 Å². The summed E-state index contributed by atoms with van der Waals surface area (Å²) in [4.78, 5) is 16.6. The molecule has 0 atom stereocenters. The number of hydrogen-bond donors (Lipinski definition) is 0. The number of ether oxygens (including phenoxy) is 1. The van der Waals surface area contributed by atoms with Crippen LogP contribution < -0.4 is 0 Å². The molecule has 0 N–H and O–H groups in total. The lowest BCUT2D eigenvalue weighted by Crippen LogP contribution is -2.14. The van der Waals surface area contributed by atoms with E-state index in [-0.39, 0.29) is 12.5 Å². The number of rotatable bonds is 5. The Hall–Kier alpha value is -2.40. The van der Waals surface area contributed by atoms with Crippen molar-refractivity contribution in [3.8, 4) is 22.5 Å². The number of aromatic nitrogens is 2. The Bertz CT molecular complexity index is 829. The van der Waals surface area contributed by atoms with Crippen molar-refractivity contribution >= 4 is 21.9 Å². The van der Waals surface area contributed by atoms with E-state index in [0.29, 0.717) is 11.3 Å². The van der Waals surface area contributed by atoms with Crippen LogP contribution in [0.4, 0.5) is 0 Å². The standard InChI is InChI=1S/C19H17BrN2O2/c1-2-24-16(23)13-22-18(15-11-7-4-8-12-15)17(21-19(22)20)14-9-5-3-6-10-14/h3-12H,2,13H2,1H3. The Balaban J connectivity index is 2.15. The Morgan fingerprint density at radius 1 is 1.04 bits per heavy atom. The van der Waals surface area contributed by atoms with Crippen LogP contribution in [0.5, 0.6) is 0 Å². The van der Waals surface area contributed by atoms with Gasteiger partial charge in [0.1, 0.15) is 6.54 Å². The predicted molar refractivity (Wildman–Crippen MR) is 97.4 cm³/mol. The molecule has 3 aromatic rings. The number of carbonyl (C=O) groups excluding carboxylic acids is 1. The smallest absolute Gasteiger partial charge is 0.326 e. The Labute approximate surface area is 149 Å². The molecule has 0 spiro atoms. The fourth-order valence-electron chi connectivity index (χ4n) is 2.59. The summed E-state index contributed by atoms with van der Waals surface area (Å²) in [6.45, 7) is 2.27. The molecular formula is C19H17BrN2O2. The van der Waals surface area contributed by atoms with Gasteiger partial charge in [-0.2, -0.15) is 0 Å². The fraction of sp³-hybridized carbons (Fsp3) is 0.158. The third kappa shape index (κ3) is 3.41. The molecule has 0 amide bonds. The Kier molecular flexibility index (Phi) is 5.11. The normalized spacial score (nSPS) is 10.6. The summed E-state index contributed by atoms with van der Waals surface area (Å²) in [7, 11) is 0. The van der Waals surface area contributed by atoms with Crippen molar-refractivity contribution in [3.63, 3.8) is 0 Å². The first-order chi connectivity index (χ1) is 11.7. The summed E-state index contributed by atoms with van der Waals surface area (Å²) >= 11 is 3.49. The van der Waals surface area contributed by atoms with Crippen molar-refractivity contribution in [2.24, 2.45) is 0 Å². The van der Waals surface area contributed by atoms with Gasteiger partial charge in [-0.1, -0.05) is 60.7 Å². The van der Waals surface area contributed by atoms with Crippen LogP contribution in [0.1, 0.15) is 6.92 Å². The zero-order valence-electron chi connectivity index (χ0n) is 13.3. The number of imidazole rings is 1. The highest BCUT2D eigenvalue weighted by atomic mass is 79.9. The van der Waals surface area contributed by atoms with E-state index in [1.807, 2.05) is 65.2 Å². The van der Waals surface area contributed by atoms with Gasteiger partial charge in [-0.25, -0.2) is 4.98 Å². The maximum Gasteiger partial charge on any atom is 0.326 e. The second kappa shape index (κ2) is 7.45. The minimum Gasteiger partial charge on any atom is -0.465 e. The zero-order valence-corrected chi connectivity index (χ0v) is 14.9. The minimum absolute atomic E-state index is 0.110. The van der Waals surface area contributed by atoms with Crippen molar-refractivity contribution in [1.82, 2.24) is 9.55 Å². The van der Waals surface area contributed by atoms with Crippen molar-refractivity contribution in [2.75, 3.05) is 6.61 Å². The molecule has 24 heavy (non-hydrogen) atoms. The molecule has 0 bridgehead atoms. The van der Waals surface area contributed by atoms with E-state index in [0.717, 1.165) is 22.5 Å². The summed E-state index contributed by atoms with van der Waals surface area (Å²) < 4.78 is 7.55. The molecule has 3 rings (SSSR count). The van der Waals surface area contributed by atoms with Crippen LogP contribution in [-0.2, 0) is 16.1 Å². The van der Waals surface area contributed by atoms with E-state index in [9.17, 15) is 4.79 Å². The number of hydrogen-bond acceptors (Lipinski definition) is 3. The van der Waals surface area contributed by atoms with Crippen LogP contribution in [-0.4, -0.2) is 22.1 Å². The van der Waals surface area contributed by atoms with Gasteiger partial charge in [-0.3, -0.25) is 4.79 Å². The lowest BCUT2D eigenvalue weighted by molar-refractivity contribution is -0.143. The molecule has 0 radical (unpaired) electrons. The molecule has 5 heteroatoms. The second-order valence-corrected chi connectivity index (χ2v) is 5.91. The van der Waals surface area contributed by atoms with Crippen LogP contribution in [0.2, 0.25) is 0 Å². The zero-order chi connectivity index (χ0) is 16.9. The summed E-state index contributed by atoms with van der Waals surface area (Å²) in [6, 6.07) is 19.9. The molecule has 0 fully saturated rings. The van der Waals surface area contributed by atoms with Crippen molar-refractivity contribution < 1.29 is 9.53 Å². The third-order valence-corrected chi connectivity index (χ3v) is 4.21. The second-order valence-electron chi connectivity index (χ2n) is 5.20. The van der Waals surface area contributed by atoms with Crippen molar-refractivity contribution in [3.05, 3.63) is 65.4 Å². The fourth-order valence-corrected chi connectivity index (χ4v) is 3.07. The maximum absolute atomic E-state index is 12.0. The molecule has 0 saturated carbocycles. The number of halogens is 1. The summed E-state index contributed by atoms with van der Waals surface area (Å²) in [5.74, 6) is -0.285. The van der Waals surface area contributed by atoms with Crippen LogP contribution in [0, 0.1) is 0 Å². The summed E-state index contributed by atoms with van der Waals surface area (Å²) in [5, 5.41) is 0. The highest BCUT2D eigenvalue weighted by Crippen LogP contribution is 2.34. The summed E-state index contributed by atoms with van der Waals surface area (Å²) in [5.41, 5.74) is 3.72. The molecule has 0 aliphatic carbocycles. The van der Waals surface area contributed by atoms with E-state index in [2.05, 4.69) is 20.9 Å². The highest BCUT2D eigenvalue weighted by molar-refractivity contribution is 9.10. The first kappa shape index (κ1) is 16.5. The topological polar surface area (TPSA) is 44.1 Å². The quantitative estimate of drug-likeness (QED) is 0.606. The molecule has 1 heterocycles. The lowest BCUT2D eigenvalue weighted by Gasteiger charge is -2.11. The lowest BCUT2D eigenvalue weighted by atomic mass is 10.0. The van der Waals surface area contributed by atoms with Gasteiger partial charge < -0.3 is 9.30 Å². The SMILES string of the molecule is CCOC(=O)Cn1c(Br)nc(-c2ccccc2)c1-c1ccccc1. The van der Waals surface area contributed by atoms with E-state index < -0.39 is 0 Å². The van der Waals surface area contributed by atoms with Gasteiger partial charge in [0.05, 0.1) is 18.0 Å². The van der Waals surface area contributed by atoms with Crippen LogP contribution in [0.3, 0.4) is 0 Å². The largest absolute Gasteiger partial charge is 0.465 e. The molecule has 1 aromatic heterocycles. The van der Waals surface area contributed by atoms with Gasteiger partial charge in [-0.15, -0.1) is 0 Å². The summed E-state index contributed by atoms with van der Waals surface area (Å²) in [6.07, 6.45) is 0. The molecule has 122 valence electrons. The first-order valence-corrected chi connectivity index (χ1v) is 8.52. The first-order valence-electron chi connectivity index (χ1n) is 7.73. The van der Waals surface area contributed by atoms with Gasteiger partial charge >= 0.3 is 5.97 Å². The van der Waals surface area contributed by atoms with Gasteiger partial charge in [0, 0.05) is 11.1 Å². The van der Waals surface area contributed by atoms with E-state index in [4.69, 9.17) is 4.74 Å². The molecule has 2 aromatic carbocycles. The van der Waals surface area contributed by atoms with Gasteiger partial charge in [-0.05, 0) is 22.9 Å². The average molecular weight is 385 g/mol. The third-order valence-electron chi connectivity index (χ3n) is 3.61. The number of esters is 1. The van der Waals surface area contributed by atoms with Crippen molar-refractivity contribution in [2.45, 2.75) is 13.5 Å². The van der Waals surface area contributed by atoms with E-state index in [1.54, 1.807) is 6.92 Å². The van der Waals surface area contributed by atoms with Gasteiger partial charge in [0.25, 0.3) is 0 Å². The number of nitrogens with zero attached hydrogens (tertiary/aromatic N) is 2. The van der Waals surface area contributed by atoms with Gasteiger partial charge in [0.15, 0.2) is 4.73 Å². The molecule has 0 aliphatic heterocycles. The molecule has 0 unspecified atom stereocenters. The average Bonchev–Trinajstić information content (AvgIpc) is 2.93. The Morgan fingerprint density at radius 2 is 1.62 bits per heavy atom. The monoisotopic (exact) mass is 384 g/mol. The molecule has 0 aliphatic rings. The number of carbonyl (C=O) groups is 1. The van der Waals surface area contributed by atoms with E-state index >= 15 is 0 Å². The maximum atomic E-state index is 12.0. The molecule has 0 saturated heterocycles. The molecular weight excluding hydrogens is 368 g/mol. The van der Waals surface area contributed by atoms with Gasteiger partial charge in [0.2, 0.25) is 0 Å². The van der Waals surface area contributed by atoms with Crippen LogP contribution in [0.15, 0.2) is 65.4 Å². The Morgan fingerprint density at radius 3 is 2.21 bits per heavy atom. The number of benzene rings is 2. The predicted octanol–water partition coefficient (Wildman–Crippen LogP) is 4.54. The van der Waals surface area contributed by atoms with Crippen molar-refractivity contribution in [1.29, 1.82) is 0 Å². The minimum atomic E-state index is -0.285.